The molecule has 19 heavy (non-hydrogen) atoms. The molecule has 6 heteroatoms. The Morgan fingerprint density at radius 3 is 2.42 bits per heavy atom. The normalized spacial score (nSPS) is 33.1. The van der Waals surface area contributed by atoms with Crippen molar-refractivity contribution in [3.05, 3.63) is 0 Å². The average Bonchev–Trinajstić information content (AvgIpc) is 2.42. The molecule has 0 radical (unpaired) electrons. The Bertz CT molecular complexity index is 369. The van der Waals surface area contributed by atoms with Gasteiger partial charge in [-0.15, -0.1) is 0 Å². The zero-order chi connectivity index (χ0) is 14.0. The van der Waals surface area contributed by atoms with Crippen LogP contribution >= 0.6 is 0 Å². The van der Waals surface area contributed by atoms with E-state index in [4.69, 9.17) is 16.0 Å². The molecule has 1 aliphatic carbocycles. The summed E-state index contributed by atoms with van der Waals surface area (Å²) in [5, 5.41) is 21.1. The summed E-state index contributed by atoms with van der Waals surface area (Å²) in [5.41, 5.74) is 4.96. The average molecular weight is 269 g/mol. The largest absolute Gasteiger partial charge is 0.409 e. The molecule has 0 bridgehead atoms. The molecular weight excluding hydrogens is 246 g/mol. The van der Waals surface area contributed by atoms with E-state index in [1.165, 1.54) is 0 Å². The number of carbonyl (C=O) groups is 1. The van der Waals surface area contributed by atoms with Gasteiger partial charge in [0.25, 0.3) is 0 Å². The first-order valence-corrected chi connectivity index (χ1v) is 6.91. The zero-order valence-electron chi connectivity index (χ0n) is 11.4. The van der Waals surface area contributed by atoms with Gasteiger partial charge in [0.05, 0.1) is 0 Å². The van der Waals surface area contributed by atoms with E-state index in [1.807, 2.05) is 0 Å². The third-order valence-electron chi connectivity index (χ3n) is 4.56. The number of nitrogens with zero attached hydrogens (tertiary/aromatic N) is 2. The summed E-state index contributed by atoms with van der Waals surface area (Å²) >= 11 is 0. The Hall–Kier alpha value is -1.30. The fraction of sp³-hybridized carbons (Fsp3) is 0.846. The smallest absolute Gasteiger partial charge is 0.236 e. The van der Waals surface area contributed by atoms with Gasteiger partial charge in [-0.2, -0.15) is 0 Å². The molecule has 1 saturated heterocycles. The Balaban J connectivity index is 2.06. The van der Waals surface area contributed by atoms with E-state index in [-0.39, 0.29) is 18.3 Å². The Labute approximate surface area is 113 Å². The molecule has 1 aliphatic heterocycles. The van der Waals surface area contributed by atoms with Crippen molar-refractivity contribution in [1.82, 2.24) is 4.90 Å². The van der Waals surface area contributed by atoms with Crippen LogP contribution in [0.2, 0.25) is 0 Å². The molecule has 4 N–H and O–H groups in total. The maximum Gasteiger partial charge on any atom is 0.236 e. The van der Waals surface area contributed by atoms with Crippen LogP contribution in [0.5, 0.6) is 0 Å². The lowest BCUT2D eigenvalue weighted by atomic mass is 9.61. The van der Waals surface area contributed by atoms with Crippen molar-refractivity contribution >= 4 is 11.7 Å². The van der Waals surface area contributed by atoms with Crippen molar-refractivity contribution in [3.8, 4) is 0 Å². The highest BCUT2D eigenvalue weighted by molar-refractivity contribution is 6.07. The standard InChI is InChI=1S/C13H23N3O3/c1-9-6-13(7-9,11(14)15-19)12(18)16-4-2-10(8-17)3-5-16/h9-10,17,19H,2-8H2,1H3,(H2,14,15). The zero-order valence-corrected chi connectivity index (χ0v) is 11.4. The topological polar surface area (TPSA) is 99.2 Å². The molecule has 0 aromatic heterocycles. The fourth-order valence-electron chi connectivity index (χ4n) is 3.34. The van der Waals surface area contributed by atoms with Crippen molar-refractivity contribution < 1.29 is 15.1 Å². The first-order valence-electron chi connectivity index (χ1n) is 6.91. The predicted molar refractivity (Wildman–Crippen MR) is 70.6 cm³/mol. The molecule has 1 amide bonds. The maximum atomic E-state index is 12.6. The number of amides is 1. The molecule has 108 valence electrons. The van der Waals surface area contributed by atoms with Crippen LogP contribution in [0.15, 0.2) is 5.16 Å². The predicted octanol–water partition coefficient (Wildman–Crippen LogP) is 0.380. The van der Waals surface area contributed by atoms with Crippen LogP contribution < -0.4 is 5.73 Å². The van der Waals surface area contributed by atoms with Gasteiger partial charge in [0, 0.05) is 19.7 Å². The highest BCUT2D eigenvalue weighted by Crippen LogP contribution is 2.47. The lowest BCUT2D eigenvalue weighted by molar-refractivity contribution is -0.146. The van der Waals surface area contributed by atoms with Crippen molar-refractivity contribution in [2.24, 2.45) is 28.1 Å². The molecule has 0 aromatic carbocycles. The van der Waals surface area contributed by atoms with Gasteiger partial charge in [-0.3, -0.25) is 4.79 Å². The highest BCUT2D eigenvalue weighted by atomic mass is 16.4. The lowest BCUT2D eigenvalue weighted by Gasteiger charge is -2.47. The second-order valence-electron chi connectivity index (χ2n) is 6.00. The minimum absolute atomic E-state index is 0.0164. The van der Waals surface area contributed by atoms with E-state index in [0.717, 1.165) is 12.8 Å². The van der Waals surface area contributed by atoms with Crippen LogP contribution in [0.25, 0.3) is 0 Å². The third-order valence-corrected chi connectivity index (χ3v) is 4.56. The SMILES string of the molecule is CC1CC(C(=O)N2CCC(CO)CC2)(C(N)=NO)C1. The number of nitrogens with two attached hydrogens (primary N) is 1. The first-order chi connectivity index (χ1) is 9.03. The van der Waals surface area contributed by atoms with Gasteiger partial charge in [0.15, 0.2) is 5.84 Å². The number of hydrogen-bond donors (Lipinski definition) is 3. The molecule has 6 nitrogen and oxygen atoms in total. The van der Waals surface area contributed by atoms with Crippen LogP contribution in [-0.2, 0) is 4.79 Å². The number of rotatable bonds is 3. The highest BCUT2D eigenvalue weighted by Gasteiger charge is 2.53. The van der Waals surface area contributed by atoms with Crippen LogP contribution in [0, 0.1) is 17.3 Å². The summed E-state index contributed by atoms with van der Waals surface area (Å²) < 4.78 is 0. The molecule has 1 heterocycles. The number of hydrogen-bond acceptors (Lipinski definition) is 4. The number of carbonyl (C=O) groups excluding carboxylic acids is 1. The van der Waals surface area contributed by atoms with Crippen molar-refractivity contribution in [2.75, 3.05) is 19.7 Å². The molecule has 1 saturated carbocycles. The van der Waals surface area contributed by atoms with Gasteiger partial charge in [0.1, 0.15) is 5.41 Å². The van der Waals surface area contributed by atoms with Gasteiger partial charge in [-0.1, -0.05) is 12.1 Å². The van der Waals surface area contributed by atoms with Crippen LogP contribution in [0.4, 0.5) is 0 Å². The van der Waals surface area contributed by atoms with E-state index >= 15 is 0 Å². The number of amidine groups is 1. The second-order valence-corrected chi connectivity index (χ2v) is 6.00. The van der Waals surface area contributed by atoms with Crippen molar-refractivity contribution in [2.45, 2.75) is 32.6 Å². The molecule has 0 aromatic rings. The minimum Gasteiger partial charge on any atom is -0.409 e. The summed E-state index contributed by atoms with van der Waals surface area (Å²) in [4.78, 5) is 14.4. The van der Waals surface area contributed by atoms with E-state index < -0.39 is 5.41 Å². The quantitative estimate of drug-likeness (QED) is 0.298. The third kappa shape index (κ3) is 2.41. The molecule has 2 aliphatic rings. The summed E-state index contributed by atoms with van der Waals surface area (Å²) in [6, 6.07) is 0. The summed E-state index contributed by atoms with van der Waals surface area (Å²) in [5.74, 6) is 0.751. The van der Waals surface area contributed by atoms with Crippen LogP contribution in [0.3, 0.4) is 0 Å². The summed E-state index contributed by atoms with van der Waals surface area (Å²) in [6.07, 6.45) is 2.96. The van der Waals surface area contributed by atoms with Crippen LogP contribution in [0.1, 0.15) is 32.6 Å². The van der Waals surface area contributed by atoms with E-state index in [2.05, 4.69) is 12.1 Å². The molecule has 0 spiro atoms. The van der Waals surface area contributed by atoms with E-state index in [0.29, 0.717) is 37.8 Å². The summed E-state index contributed by atoms with van der Waals surface area (Å²) in [7, 11) is 0. The monoisotopic (exact) mass is 269 g/mol. The van der Waals surface area contributed by atoms with Gasteiger partial charge in [-0.25, -0.2) is 0 Å². The number of likely N-dealkylation sites (tertiary alicyclic amines) is 1. The summed E-state index contributed by atoms with van der Waals surface area (Å²) in [6.45, 7) is 3.55. The van der Waals surface area contributed by atoms with E-state index in [1.54, 1.807) is 4.90 Å². The molecule has 2 fully saturated rings. The van der Waals surface area contributed by atoms with Crippen molar-refractivity contribution in [1.29, 1.82) is 0 Å². The van der Waals surface area contributed by atoms with Crippen molar-refractivity contribution in [3.63, 3.8) is 0 Å². The van der Waals surface area contributed by atoms with Gasteiger partial charge in [0.2, 0.25) is 5.91 Å². The van der Waals surface area contributed by atoms with Gasteiger partial charge >= 0.3 is 0 Å². The molecular formula is C13H23N3O3. The maximum absolute atomic E-state index is 12.6. The molecule has 2 rings (SSSR count). The lowest BCUT2D eigenvalue weighted by Crippen LogP contribution is -2.58. The minimum atomic E-state index is -0.791. The Kier molecular flexibility index (Phi) is 3.99. The Morgan fingerprint density at radius 1 is 1.42 bits per heavy atom. The fourth-order valence-corrected chi connectivity index (χ4v) is 3.34. The van der Waals surface area contributed by atoms with Gasteiger partial charge in [-0.05, 0) is 37.5 Å². The van der Waals surface area contributed by atoms with Crippen LogP contribution in [-0.4, -0.2) is 46.7 Å². The Morgan fingerprint density at radius 2 is 2.00 bits per heavy atom. The number of aliphatic hydroxyl groups is 1. The first kappa shape index (κ1) is 14.1. The molecule has 0 unspecified atom stereocenters. The molecule has 0 atom stereocenters. The number of aliphatic hydroxyl groups excluding tert-OH is 1. The number of oxime groups is 1. The second kappa shape index (κ2) is 5.36. The van der Waals surface area contributed by atoms with E-state index in [9.17, 15) is 4.79 Å². The number of piperidine rings is 1. The van der Waals surface area contributed by atoms with Gasteiger partial charge < -0.3 is 20.9 Å².